The van der Waals surface area contributed by atoms with Crippen molar-refractivity contribution in [1.29, 1.82) is 0 Å². The van der Waals surface area contributed by atoms with Gasteiger partial charge in [-0.3, -0.25) is 5.10 Å². The molecule has 0 atom stereocenters. The van der Waals surface area contributed by atoms with E-state index in [1.807, 2.05) is 0 Å². The molecule has 2 rings (SSSR count). The van der Waals surface area contributed by atoms with Crippen molar-refractivity contribution in [1.82, 2.24) is 24.5 Å². The maximum absolute atomic E-state index is 3.93. The first kappa shape index (κ1) is 5.48. The molecule has 0 saturated heterocycles. The predicted octanol–water partition coefficient (Wildman–Crippen LogP) is 0.323. The number of hydrogen-bond donors (Lipinski definition) is 1. The number of rotatable bonds is 1. The smallest absolute Gasteiger partial charge is 0.186 e. The number of hydrogen-bond acceptors (Lipinski definition) is 5. The van der Waals surface area contributed by atoms with Crippen LogP contribution in [0.4, 0.5) is 0 Å². The molecule has 2 aromatic heterocycles. The summed E-state index contributed by atoms with van der Waals surface area (Å²) >= 11 is 1.29. The van der Waals surface area contributed by atoms with Gasteiger partial charge in [0.25, 0.3) is 0 Å². The molecule has 0 amide bonds. The highest BCUT2D eigenvalue weighted by Gasteiger charge is 2.01. The lowest BCUT2D eigenvalue weighted by Crippen LogP contribution is -1.76. The van der Waals surface area contributed by atoms with Crippen LogP contribution in [-0.4, -0.2) is 24.5 Å². The van der Waals surface area contributed by atoms with Crippen molar-refractivity contribution in [2.75, 3.05) is 0 Å². The van der Waals surface area contributed by atoms with Gasteiger partial charge in [0.15, 0.2) is 10.8 Å². The van der Waals surface area contributed by atoms with Crippen LogP contribution in [-0.2, 0) is 0 Å². The number of H-pyrrole nitrogens is 1. The van der Waals surface area contributed by atoms with E-state index in [-0.39, 0.29) is 0 Å². The zero-order chi connectivity index (χ0) is 6.81. The topological polar surface area (TPSA) is 67.3 Å². The third-order valence-corrected chi connectivity index (χ3v) is 1.65. The lowest BCUT2D eigenvalue weighted by atomic mass is 10.7. The van der Waals surface area contributed by atoms with Crippen LogP contribution < -0.4 is 0 Å². The fourth-order valence-corrected chi connectivity index (χ4v) is 1.06. The van der Waals surface area contributed by atoms with Crippen LogP contribution in [0.1, 0.15) is 0 Å². The van der Waals surface area contributed by atoms with Crippen LogP contribution in [0.2, 0.25) is 0 Å². The van der Waals surface area contributed by atoms with Gasteiger partial charge in [0.2, 0.25) is 0 Å². The molecule has 0 fully saturated rings. The van der Waals surface area contributed by atoms with E-state index < -0.39 is 0 Å². The number of aromatic amines is 1. The van der Waals surface area contributed by atoms with Gasteiger partial charge < -0.3 is 0 Å². The molecule has 0 aromatic carbocycles. The van der Waals surface area contributed by atoms with E-state index in [0.29, 0.717) is 5.82 Å². The highest BCUT2D eigenvalue weighted by atomic mass is 32.1. The second kappa shape index (κ2) is 2.14. The molecule has 0 bridgehead atoms. The van der Waals surface area contributed by atoms with E-state index in [2.05, 4.69) is 24.5 Å². The molecule has 0 saturated carbocycles. The maximum Gasteiger partial charge on any atom is 0.186 e. The molecule has 0 aliphatic heterocycles. The highest BCUT2D eigenvalue weighted by Crippen LogP contribution is 2.12. The SMILES string of the molecule is c1n[nH]c(-c2ncns2)n1. The monoisotopic (exact) mass is 153 g/mol. The van der Waals surface area contributed by atoms with Crippen molar-refractivity contribution in [3.8, 4) is 10.8 Å². The third-order valence-electron chi connectivity index (χ3n) is 0.979. The summed E-state index contributed by atoms with van der Waals surface area (Å²) in [5, 5.41) is 7.13. The lowest BCUT2D eigenvalue weighted by molar-refractivity contribution is 1.09. The number of nitrogens with one attached hydrogen (secondary N) is 1. The summed E-state index contributed by atoms with van der Waals surface area (Å²) in [6.07, 6.45) is 2.93. The van der Waals surface area contributed by atoms with Crippen molar-refractivity contribution >= 4 is 11.5 Å². The van der Waals surface area contributed by atoms with E-state index in [9.17, 15) is 0 Å². The summed E-state index contributed by atoms with van der Waals surface area (Å²) < 4.78 is 3.82. The second-order valence-electron chi connectivity index (χ2n) is 1.58. The summed E-state index contributed by atoms with van der Waals surface area (Å²) in [6, 6.07) is 0. The fraction of sp³-hybridized carbons (Fsp3) is 0. The Morgan fingerprint density at radius 3 is 2.90 bits per heavy atom. The van der Waals surface area contributed by atoms with Gasteiger partial charge in [-0.25, -0.2) is 9.97 Å². The van der Waals surface area contributed by atoms with E-state index in [1.54, 1.807) is 0 Å². The Kier molecular flexibility index (Phi) is 1.17. The zero-order valence-corrected chi connectivity index (χ0v) is 5.67. The fourth-order valence-electron chi connectivity index (χ4n) is 0.586. The molecule has 2 heterocycles. The van der Waals surface area contributed by atoms with Crippen LogP contribution in [0.25, 0.3) is 10.8 Å². The standard InChI is InChI=1S/C4H3N5S/c1-5-3(9-7-1)4-6-2-8-10-4/h1-2H,(H,5,7,9). The van der Waals surface area contributed by atoms with Crippen LogP contribution in [0.3, 0.4) is 0 Å². The molecule has 0 aliphatic rings. The Hall–Kier alpha value is -1.30. The molecule has 5 nitrogen and oxygen atoms in total. The molecule has 0 radical (unpaired) electrons. The van der Waals surface area contributed by atoms with Gasteiger partial charge in [-0.15, -0.1) is 0 Å². The molecule has 0 unspecified atom stereocenters. The molecule has 1 N–H and O–H groups in total. The Balaban J connectivity index is 2.48. The van der Waals surface area contributed by atoms with Gasteiger partial charge >= 0.3 is 0 Å². The van der Waals surface area contributed by atoms with E-state index >= 15 is 0 Å². The van der Waals surface area contributed by atoms with Gasteiger partial charge in [-0.05, 0) is 11.5 Å². The summed E-state index contributed by atoms with van der Waals surface area (Å²) in [5.74, 6) is 0.669. The molecule has 0 spiro atoms. The Bertz CT molecular complexity index is 253. The zero-order valence-electron chi connectivity index (χ0n) is 4.85. The first-order valence-electron chi connectivity index (χ1n) is 2.59. The summed E-state index contributed by atoms with van der Waals surface area (Å²) in [4.78, 5) is 7.83. The molecule has 50 valence electrons. The third kappa shape index (κ3) is 0.781. The first-order valence-corrected chi connectivity index (χ1v) is 3.36. The first-order chi connectivity index (χ1) is 4.97. The summed E-state index contributed by atoms with van der Waals surface area (Å²) in [5.41, 5.74) is 0. The van der Waals surface area contributed by atoms with Gasteiger partial charge in [-0.1, -0.05) is 0 Å². The molecule has 10 heavy (non-hydrogen) atoms. The minimum atomic E-state index is 0.669. The second-order valence-corrected chi connectivity index (χ2v) is 2.36. The molecular weight excluding hydrogens is 150 g/mol. The molecular formula is C4H3N5S. The van der Waals surface area contributed by atoms with Crippen molar-refractivity contribution in [2.24, 2.45) is 0 Å². The van der Waals surface area contributed by atoms with Crippen molar-refractivity contribution in [2.45, 2.75) is 0 Å². The average Bonchev–Trinajstić information content (AvgIpc) is 2.59. The van der Waals surface area contributed by atoms with E-state index in [0.717, 1.165) is 5.01 Å². The van der Waals surface area contributed by atoms with Gasteiger partial charge in [0.05, 0.1) is 0 Å². The maximum atomic E-state index is 3.93. The minimum Gasteiger partial charge on any atom is -0.257 e. The minimum absolute atomic E-state index is 0.669. The van der Waals surface area contributed by atoms with E-state index in [4.69, 9.17) is 0 Å². The normalized spacial score (nSPS) is 10.0. The van der Waals surface area contributed by atoms with Crippen LogP contribution in [0, 0.1) is 0 Å². The van der Waals surface area contributed by atoms with E-state index in [1.165, 1.54) is 24.2 Å². The lowest BCUT2D eigenvalue weighted by Gasteiger charge is -1.80. The number of nitrogens with zero attached hydrogens (tertiary/aromatic N) is 4. The Morgan fingerprint density at radius 2 is 2.30 bits per heavy atom. The number of aromatic nitrogens is 5. The summed E-state index contributed by atoms with van der Waals surface area (Å²) in [7, 11) is 0. The van der Waals surface area contributed by atoms with Gasteiger partial charge in [0, 0.05) is 0 Å². The largest absolute Gasteiger partial charge is 0.257 e. The Morgan fingerprint density at radius 1 is 1.30 bits per heavy atom. The highest BCUT2D eigenvalue weighted by molar-refractivity contribution is 7.08. The van der Waals surface area contributed by atoms with Crippen LogP contribution in [0.5, 0.6) is 0 Å². The van der Waals surface area contributed by atoms with Crippen LogP contribution >= 0.6 is 11.5 Å². The summed E-state index contributed by atoms with van der Waals surface area (Å²) in [6.45, 7) is 0. The average molecular weight is 153 g/mol. The van der Waals surface area contributed by atoms with Gasteiger partial charge in [-0.2, -0.15) is 9.47 Å². The predicted molar refractivity (Wildman–Crippen MR) is 35.3 cm³/mol. The van der Waals surface area contributed by atoms with Crippen molar-refractivity contribution in [3.05, 3.63) is 12.7 Å². The quantitative estimate of drug-likeness (QED) is 0.640. The van der Waals surface area contributed by atoms with Crippen LogP contribution in [0.15, 0.2) is 12.7 Å². The molecule has 0 aliphatic carbocycles. The van der Waals surface area contributed by atoms with Crippen molar-refractivity contribution < 1.29 is 0 Å². The van der Waals surface area contributed by atoms with Gasteiger partial charge in [0.1, 0.15) is 12.7 Å². The molecule has 2 aromatic rings. The van der Waals surface area contributed by atoms with Crippen molar-refractivity contribution in [3.63, 3.8) is 0 Å². The molecule has 6 heteroatoms. The Labute approximate surface area is 60.3 Å².